The zero-order valence-electron chi connectivity index (χ0n) is 14.4. The lowest BCUT2D eigenvalue weighted by molar-refractivity contribution is -0.120. The van der Waals surface area contributed by atoms with Crippen LogP contribution in [0.2, 0.25) is 0 Å². The van der Waals surface area contributed by atoms with Gasteiger partial charge in [0.25, 0.3) is 5.91 Å². The van der Waals surface area contributed by atoms with Crippen LogP contribution in [0.25, 0.3) is 0 Å². The fourth-order valence-corrected chi connectivity index (χ4v) is 3.21. The average Bonchev–Trinajstić information content (AvgIpc) is 2.62. The van der Waals surface area contributed by atoms with Crippen LogP contribution in [0.5, 0.6) is 0 Å². The van der Waals surface area contributed by atoms with E-state index in [0.29, 0.717) is 30.8 Å². The zero-order chi connectivity index (χ0) is 18.9. The van der Waals surface area contributed by atoms with E-state index in [4.69, 9.17) is 0 Å². The second-order valence-electron chi connectivity index (χ2n) is 5.62. The van der Waals surface area contributed by atoms with Crippen molar-refractivity contribution in [3.63, 3.8) is 0 Å². The molecule has 2 aromatic rings. The summed E-state index contributed by atoms with van der Waals surface area (Å²) < 4.78 is 14.5. The quantitative estimate of drug-likeness (QED) is 0.484. The van der Waals surface area contributed by atoms with Gasteiger partial charge in [0.1, 0.15) is 5.82 Å². The van der Waals surface area contributed by atoms with Crippen LogP contribution in [0.1, 0.15) is 22.3 Å². The first-order valence-electron chi connectivity index (χ1n) is 8.15. The number of amides is 2. The summed E-state index contributed by atoms with van der Waals surface area (Å²) in [5.74, 6) is -0.147. The highest BCUT2D eigenvalue weighted by Crippen LogP contribution is 2.21. The molecule has 0 aliphatic rings. The minimum Gasteiger partial charge on any atom is -0.354 e. The van der Waals surface area contributed by atoms with Crippen LogP contribution in [-0.2, 0) is 4.79 Å². The molecule has 0 bridgehead atoms. The number of thioether (sulfide) groups is 1. The Kier molecular flexibility index (Phi) is 8.12. The Morgan fingerprint density at radius 2 is 1.77 bits per heavy atom. The Morgan fingerprint density at radius 1 is 1.08 bits per heavy atom. The summed E-state index contributed by atoms with van der Waals surface area (Å²) in [4.78, 5) is 24.8. The first-order valence-corrected chi connectivity index (χ1v) is 9.93. The summed E-state index contributed by atoms with van der Waals surface area (Å²) in [6.07, 6.45) is 0.401. The maximum atomic E-state index is 13.5. The Labute approximate surface area is 165 Å². The molecule has 0 radical (unpaired) electrons. The number of hydrogen-bond donors (Lipinski definition) is 2. The van der Waals surface area contributed by atoms with Crippen molar-refractivity contribution < 1.29 is 14.0 Å². The number of nitrogens with one attached hydrogen (secondary N) is 2. The van der Waals surface area contributed by atoms with Crippen molar-refractivity contribution in [2.45, 2.75) is 18.2 Å². The third-order valence-electron chi connectivity index (χ3n) is 3.58. The molecule has 0 aromatic heterocycles. The van der Waals surface area contributed by atoms with Crippen molar-refractivity contribution in [3.8, 4) is 0 Å². The van der Waals surface area contributed by atoms with Gasteiger partial charge in [0.15, 0.2) is 0 Å². The highest BCUT2D eigenvalue weighted by atomic mass is 79.9. The molecule has 0 aliphatic heterocycles. The highest BCUT2D eigenvalue weighted by Gasteiger charge is 2.08. The van der Waals surface area contributed by atoms with Crippen molar-refractivity contribution in [1.82, 2.24) is 10.6 Å². The molecule has 2 N–H and O–H groups in total. The van der Waals surface area contributed by atoms with Gasteiger partial charge < -0.3 is 10.6 Å². The molecule has 0 saturated heterocycles. The van der Waals surface area contributed by atoms with Crippen LogP contribution >= 0.6 is 27.7 Å². The number of carbonyl (C=O) groups is 2. The number of benzene rings is 2. The van der Waals surface area contributed by atoms with Crippen molar-refractivity contribution >= 4 is 39.5 Å². The number of rotatable bonds is 8. The molecule has 7 heteroatoms. The molecule has 2 amide bonds. The van der Waals surface area contributed by atoms with E-state index in [2.05, 4.69) is 26.6 Å². The third kappa shape index (κ3) is 6.80. The van der Waals surface area contributed by atoms with E-state index in [1.165, 1.54) is 6.07 Å². The SMILES string of the molecule is Cc1ccc(C(=O)NCCNC(=O)CCSc2ccc(Br)cc2)cc1F. The Balaban J connectivity index is 1.61. The van der Waals surface area contributed by atoms with E-state index < -0.39 is 5.82 Å². The molecule has 0 aliphatic carbocycles. The van der Waals surface area contributed by atoms with Gasteiger partial charge in [0.05, 0.1) is 0 Å². The van der Waals surface area contributed by atoms with E-state index in [0.717, 1.165) is 9.37 Å². The topological polar surface area (TPSA) is 58.2 Å². The van der Waals surface area contributed by atoms with Crippen molar-refractivity contribution in [2.75, 3.05) is 18.8 Å². The van der Waals surface area contributed by atoms with E-state index >= 15 is 0 Å². The average molecular weight is 439 g/mol. The second kappa shape index (κ2) is 10.3. The van der Waals surface area contributed by atoms with Gasteiger partial charge in [-0.3, -0.25) is 9.59 Å². The summed E-state index contributed by atoms with van der Waals surface area (Å²) in [7, 11) is 0. The Hall–Kier alpha value is -1.86. The molecule has 0 heterocycles. The number of hydrogen-bond acceptors (Lipinski definition) is 3. The lowest BCUT2D eigenvalue weighted by Gasteiger charge is -2.08. The summed E-state index contributed by atoms with van der Waals surface area (Å²) in [6, 6.07) is 12.3. The van der Waals surface area contributed by atoms with Crippen LogP contribution in [0.4, 0.5) is 4.39 Å². The number of carbonyl (C=O) groups excluding carboxylic acids is 2. The van der Waals surface area contributed by atoms with Crippen molar-refractivity contribution in [2.24, 2.45) is 0 Å². The largest absolute Gasteiger partial charge is 0.354 e. The second-order valence-corrected chi connectivity index (χ2v) is 7.71. The molecule has 4 nitrogen and oxygen atoms in total. The molecule has 0 fully saturated rings. The van der Waals surface area contributed by atoms with Crippen LogP contribution in [0.3, 0.4) is 0 Å². The minimum atomic E-state index is -0.408. The van der Waals surface area contributed by atoms with Crippen molar-refractivity contribution in [3.05, 3.63) is 63.9 Å². The van der Waals surface area contributed by atoms with E-state index in [1.807, 2.05) is 24.3 Å². The Bertz CT molecular complexity index is 769. The standard InChI is InChI=1S/C19H20BrFN2O2S/c1-13-2-3-14(12-17(13)21)19(25)23-10-9-22-18(24)8-11-26-16-6-4-15(20)5-7-16/h2-7,12H,8-11H2,1H3,(H,22,24)(H,23,25). The molecule has 2 aromatic carbocycles. The van der Waals surface area contributed by atoms with E-state index in [9.17, 15) is 14.0 Å². The van der Waals surface area contributed by atoms with Gasteiger partial charge in [-0.05, 0) is 48.9 Å². The first-order chi connectivity index (χ1) is 12.5. The maximum Gasteiger partial charge on any atom is 0.251 e. The van der Waals surface area contributed by atoms with Gasteiger partial charge in [-0.2, -0.15) is 0 Å². The van der Waals surface area contributed by atoms with Crippen LogP contribution < -0.4 is 10.6 Å². The van der Waals surface area contributed by atoms with Gasteiger partial charge >= 0.3 is 0 Å². The molecule has 0 atom stereocenters. The monoisotopic (exact) mass is 438 g/mol. The van der Waals surface area contributed by atoms with E-state index in [1.54, 1.807) is 30.8 Å². The van der Waals surface area contributed by atoms with Gasteiger partial charge in [-0.15, -0.1) is 11.8 Å². The zero-order valence-corrected chi connectivity index (χ0v) is 16.8. The van der Waals surface area contributed by atoms with Gasteiger partial charge in [0.2, 0.25) is 5.91 Å². The molecule has 0 unspecified atom stereocenters. The molecular formula is C19H20BrFN2O2S. The van der Waals surface area contributed by atoms with Gasteiger partial charge in [-0.1, -0.05) is 22.0 Å². The predicted octanol–water partition coefficient (Wildman–Crippen LogP) is 3.93. The van der Waals surface area contributed by atoms with Crippen molar-refractivity contribution in [1.29, 1.82) is 0 Å². The molecule has 0 saturated carbocycles. The van der Waals surface area contributed by atoms with Crippen LogP contribution in [0.15, 0.2) is 51.8 Å². The predicted molar refractivity (Wildman–Crippen MR) is 106 cm³/mol. The third-order valence-corrected chi connectivity index (χ3v) is 5.12. The fourth-order valence-electron chi connectivity index (χ4n) is 2.09. The number of halogens is 2. The smallest absolute Gasteiger partial charge is 0.251 e. The summed E-state index contributed by atoms with van der Waals surface area (Å²) >= 11 is 5.00. The summed E-state index contributed by atoms with van der Waals surface area (Å²) in [5.41, 5.74) is 0.764. The lowest BCUT2D eigenvalue weighted by atomic mass is 10.1. The van der Waals surface area contributed by atoms with E-state index in [-0.39, 0.29) is 17.4 Å². The van der Waals surface area contributed by atoms with Crippen LogP contribution in [-0.4, -0.2) is 30.7 Å². The maximum absolute atomic E-state index is 13.5. The highest BCUT2D eigenvalue weighted by molar-refractivity contribution is 9.10. The molecule has 0 spiro atoms. The molecule has 138 valence electrons. The first kappa shape index (κ1) is 20.5. The summed E-state index contributed by atoms with van der Waals surface area (Å²) in [5, 5.41) is 5.42. The van der Waals surface area contributed by atoms with Crippen LogP contribution in [0, 0.1) is 12.7 Å². The van der Waals surface area contributed by atoms with Gasteiger partial charge in [-0.25, -0.2) is 4.39 Å². The lowest BCUT2D eigenvalue weighted by Crippen LogP contribution is -2.34. The number of aryl methyl sites for hydroxylation is 1. The molecule has 26 heavy (non-hydrogen) atoms. The van der Waals surface area contributed by atoms with Gasteiger partial charge in [0, 0.05) is 40.2 Å². The summed E-state index contributed by atoms with van der Waals surface area (Å²) in [6.45, 7) is 2.27. The molecular weight excluding hydrogens is 419 g/mol. The fraction of sp³-hybridized carbons (Fsp3) is 0.263. The Morgan fingerprint density at radius 3 is 2.46 bits per heavy atom. The minimum absolute atomic E-state index is 0.0646. The molecule has 2 rings (SSSR count). The normalized spacial score (nSPS) is 10.4.